The van der Waals surface area contributed by atoms with Crippen molar-refractivity contribution in [2.75, 3.05) is 34.9 Å². The first-order valence-electron chi connectivity index (χ1n) is 10.8. The fraction of sp³-hybridized carbons (Fsp3) is 0.200. The second kappa shape index (κ2) is 8.73. The molecule has 0 saturated carbocycles. The zero-order chi connectivity index (χ0) is 23.9. The Morgan fingerprint density at radius 2 is 1.82 bits per heavy atom. The first-order valence-corrected chi connectivity index (χ1v) is 13.7. The molecule has 1 aliphatic heterocycles. The van der Waals surface area contributed by atoms with E-state index in [0.29, 0.717) is 30.2 Å². The maximum atomic E-state index is 13.3. The van der Waals surface area contributed by atoms with E-state index < -0.39 is 9.84 Å². The number of hydrogen-bond donors (Lipinski definition) is 2. The van der Waals surface area contributed by atoms with Crippen LogP contribution in [0.3, 0.4) is 0 Å². The standard InChI is InChI=1S/C25H24N4O3S2/c1-16-7-3-5-9-21(16)27-24-22(11-17(12-26-24)29-13-18(14-29)34(2,31)32)28-25(30)20-15-33-23-10-6-4-8-19(20)23/h3-12,15,18H,13-14H2,1-2H3,(H,26,27)(H,28,30). The fourth-order valence-electron chi connectivity index (χ4n) is 3.93. The average molecular weight is 493 g/mol. The van der Waals surface area contributed by atoms with Crippen LogP contribution in [0.5, 0.6) is 0 Å². The van der Waals surface area contributed by atoms with Gasteiger partial charge in [0.1, 0.15) is 0 Å². The van der Waals surface area contributed by atoms with Crippen molar-refractivity contribution < 1.29 is 13.2 Å². The van der Waals surface area contributed by atoms with E-state index in [4.69, 9.17) is 0 Å². The SMILES string of the molecule is Cc1ccccc1Nc1ncc(N2CC(S(C)(=O)=O)C2)cc1NC(=O)c1csc2ccccc12. The van der Waals surface area contributed by atoms with Gasteiger partial charge in [0.05, 0.1) is 28.4 Å². The van der Waals surface area contributed by atoms with Gasteiger partial charge in [-0.3, -0.25) is 4.79 Å². The van der Waals surface area contributed by atoms with Crippen LogP contribution in [0.2, 0.25) is 0 Å². The maximum absolute atomic E-state index is 13.3. The van der Waals surface area contributed by atoms with Crippen molar-refractivity contribution in [1.82, 2.24) is 4.98 Å². The summed E-state index contributed by atoms with van der Waals surface area (Å²) in [5.41, 5.74) is 3.84. The molecular formula is C25H24N4O3S2. The molecule has 0 radical (unpaired) electrons. The number of anilines is 4. The number of carbonyl (C=O) groups is 1. The highest BCUT2D eigenvalue weighted by Gasteiger charge is 2.35. The molecule has 3 heterocycles. The van der Waals surface area contributed by atoms with Crippen molar-refractivity contribution in [3.8, 4) is 0 Å². The molecular weight excluding hydrogens is 468 g/mol. The second-order valence-electron chi connectivity index (χ2n) is 8.49. The highest BCUT2D eigenvalue weighted by molar-refractivity contribution is 7.91. The average Bonchev–Trinajstić information content (AvgIpc) is 3.19. The summed E-state index contributed by atoms with van der Waals surface area (Å²) < 4.78 is 24.7. The minimum Gasteiger partial charge on any atom is -0.367 e. The molecule has 0 unspecified atom stereocenters. The summed E-state index contributed by atoms with van der Waals surface area (Å²) in [5, 5.41) is 8.73. The Balaban J connectivity index is 1.47. The molecule has 34 heavy (non-hydrogen) atoms. The van der Waals surface area contributed by atoms with Gasteiger partial charge in [-0.1, -0.05) is 36.4 Å². The zero-order valence-electron chi connectivity index (χ0n) is 18.8. The molecule has 0 bridgehead atoms. The van der Waals surface area contributed by atoms with E-state index in [2.05, 4.69) is 15.6 Å². The summed E-state index contributed by atoms with van der Waals surface area (Å²) in [7, 11) is -3.08. The van der Waals surface area contributed by atoms with Crippen molar-refractivity contribution in [3.63, 3.8) is 0 Å². The summed E-state index contributed by atoms with van der Waals surface area (Å²) in [6, 6.07) is 17.5. The Labute approximate surface area is 202 Å². The van der Waals surface area contributed by atoms with E-state index in [-0.39, 0.29) is 11.2 Å². The number of aromatic nitrogens is 1. The molecule has 1 aliphatic rings. The Hall–Kier alpha value is -3.43. The summed E-state index contributed by atoms with van der Waals surface area (Å²) in [4.78, 5) is 19.8. The molecule has 0 aliphatic carbocycles. The molecule has 2 aromatic heterocycles. The number of rotatable bonds is 6. The third-order valence-electron chi connectivity index (χ3n) is 6.06. The lowest BCUT2D eigenvalue weighted by Gasteiger charge is -2.39. The molecule has 1 fully saturated rings. The molecule has 7 nitrogen and oxygen atoms in total. The topological polar surface area (TPSA) is 91.4 Å². The Morgan fingerprint density at radius 3 is 2.59 bits per heavy atom. The van der Waals surface area contributed by atoms with E-state index in [1.807, 2.05) is 71.8 Å². The van der Waals surface area contributed by atoms with E-state index in [1.165, 1.54) is 17.6 Å². The number of nitrogens with one attached hydrogen (secondary N) is 2. The van der Waals surface area contributed by atoms with Crippen LogP contribution in [0.25, 0.3) is 10.1 Å². The molecule has 9 heteroatoms. The molecule has 0 atom stereocenters. The third kappa shape index (κ3) is 4.36. The van der Waals surface area contributed by atoms with Gasteiger partial charge in [-0.05, 0) is 30.7 Å². The lowest BCUT2D eigenvalue weighted by atomic mass is 10.1. The number of pyridine rings is 1. The Morgan fingerprint density at radius 1 is 1.09 bits per heavy atom. The molecule has 4 aromatic rings. The number of aryl methyl sites for hydroxylation is 1. The predicted molar refractivity (Wildman–Crippen MR) is 139 cm³/mol. The van der Waals surface area contributed by atoms with Gasteiger partial charge in [0.15, 0.2) is 15.7 Å². The number of benzene rings is 2. The maximum Gasteiger partial charge on any atom is 0.257 e. The number of sulfone groups is 1. The number of nitrogens with zero attached hydrogens (tertiary/aromatic N) is 2. The van der Waals surface area contributed by atoms with Crippen LogP contribution in [0.1, 0.15) is 15.9 Å². The highest BCUT2D eigenvalue weighted by atomic mass is 32.2. The van der Waals surface area contributed by atoms with Crippen LogP contribution in [-0.4, -0.2) is 43.9 Å². The lowest BCUT2D eigenvalue weighted by Crippen LogP contribution is -2.54. The van der Waals surface area contributed by atoms with E-state index in [0.717, 1.165) is 27.0 Å². The van der Waals surface area contributed by atoms with Crippen LogP contribution in [0.4, 0.5) is 22.9 Å². The molecule has 5 rings (SSSR count). The first kappa shape index (κ1) is 22.4. The van der Waals surface area contributed by atoms with Gasteiger partial charge in [0.25, 0.3) is 5.91 Å². The highest BCUT2D eigenvalue weighted by Crippen LogP contribution is 2.33. The third-order valence-corrected chi connectivity index (χ3v) is 8.54. The van der Waals surface area contributed by atoms with Gasteiger partial charge < -0.3 is 15.5 Å². The summed E-state index contributed by atoms with van der Waals surface area (Å²) in [6.45, 7) is 2.82. The normalized spacial score (nSPS) is 14.1. The minimum absolute atomic E-state index is 0.221. The van der Waals surface area contributed by atoms with Crippen LogP contribution in [-0.2, 0) is 9.84 Å². The smallest absolute Gasteiger partial charge is 0.257 e. The monoisotopic (exact) mass is 492 g/mol. The largest absolute Gasteiger partial charge is 0.367 e. The summed E-state index contributed by atoms with van der Waals surface area (Å²) in [5.74, 6) is 0.299. The van der Waals surface area contributed by atoms with Gasteiger partial charge in [-0.15, -0.1) is 11.3 Å². The van der Waals surface area contributed by atoms with Crippen molar-refractivity contribution >= 4 is 60.0 Å². The molecule has 1 saturated heterocycles. The molecule has 1 amide bonds. The minimum atomic E-state index is -3.08. The number of carbonyl (C=O) groups excluding carboxylic acids is 1. The van der Waals surface area contributed by atoms with Crippen molar-refractivity contribution in [2.45, 2.75) is 12.2 Å². The number of hydrogen-bond acceptors (Lipinski definition) is 7. The molecule has 174 valence electrons. The Kier molecular flexibility index (Phi) is 5.75. The predicted octanol–water partition coefficient (Wildman–Crippen LogP) is 4.83. The lowest BCUT2D eigenvalue weighted by molar-refractivity contribution is 0.102. The summed E-state index contributed by atoms with van der Waals surface area (Å²) in [6.07, 6.45) is 2.97. The summed E-state index contributed by atoms with van der Waals surface area (Å²) >= 11 is 1.53. The van der Waals surface area contributed by atoms with Crippen molar-refractivity contribution in [3.05, 3.63) is 77.3 Å². The quantitative estimate of drug-likeness (QED) is 0.400. The number of para-hydroxylation sites is 1. The van der Waals surface area contributed by atoms with Crippen LogP contribution < -0.4 is 15.5 Å². The van der Waals surface area contributed by atoms with Gasteiger partial charge in [-0.25, -0.2) is 13.4 Å². The van der Waals surface area contributed by atoms with Crippen molar-refractivity contribution in [2.24, 2.45) is 0 Å². The molecule has 2 aromatic carbocycles. The van der Waals surface area contributed by atoms with E-state index in [1.54, 1.807) is 6.20 Å². The molecule has 0 spiro atoms. The second-order valence-corrected chi connectivity index (χ2v) is 11.7. The van der Waals surface area contributed by atoms with E-state index >= 15 is 0 Å². The zero-order valence-corrected chi connectivity index (χ0v) is 20.4. The van der Waals surface area contributed by atoms with Crippen LogP contribution in [0, 0.1) is 6.92 Å². The fourth-order valence-corrected chi connectivity index (χ4v) is 5.77. The number of fused-ring (bicyclic) bond motifs is 1. The number of thiophene rings is 1. The number of amides is 1. The van der Waals surface area contributed by atoms with Gasteiger partial charge >= 0.3 is 0 Å². The first-order chi connectivity index (χ1) is 16.3. The van der Waals surface area contributed by atoms with Crippen molar-refractivity contribution in [1.29, 1.82) is 0 Å². The van der Waals surface area contributed by atoms with Gasteiger partial charge in [-0.2, -0.15) is 0 Å². The van der Waals surface area contributed by atoms with Crippen LogP contribution >= 0.6 is 11.3 Å². The van der Waals surface area contributed by atoms with Crippen LogP contribution in [0.15, 0.2) is 66.2 Å². The van der Waals surface area contributed by atoms with E-state index in [9.17, 15) is 13.2 Å². The van der Waals surface area contributed by atoms with Gasteiger partial charge in [0.2, 0.25) is 0 Å². The van der Waals surface area contributed by atoms with Gasteiger partial charge in [0, 0.05) is 40.5 Å². The Bertz CT molecular complexity index is 1490. The molecule has 2 N–H and O–H groups in total.